The predicted octanol–water partition coefficient (Wildman–Crippen LogP) is 11.1. The number of rotatable bonds is 12. The minimum absolute atomic E-state index is 0. The van der Waals surface area contributed by atoms with Crippen molar-refractivity contribution in [2.45, 2.75) is 76.6 Å². The van der Waals surface area contributed by atoms with Crippen molar-refractivity contribution in [3.05, 3.63) is 153 Å². The van der Waals surface area contributed by atoms with Gasteiger partial charge in [0.25, 0.3) is 0 Å². The predicted molar refractivity (Wildman–Crippen MR) is 204 cm³/mol. The molecule has 4 aromatic rings. The van der Waals surface area contributed by atoms with Gasteiger partial charge in [0.1, 0.15) is 0 Å². The Balaban J connectivity index is 0.000000421. The Kier molecular flexibility index (Phi) is 18.0. The molecule has 0 spiro atoms. The van der Waals surface area contributed by atoms with Crippen LogP contribution in [0.3, 0.4) is 0 Å². The van der Waals surface area contributed by atoms with Crippen molar-refractivity contribution in [2.24, 2.45) is 0 Å². The fourth-order valence-corrected chi connectivity index (χ4v) is 25.5. The van der Waals surface area contributed by atoms with E-state index in [0.29, 0.717) is 0 Å². The zero-order valence-corrected chi connectivity index (χ0v) is 36.2. The van der Waals surface area contributed by atoms with E-state index in [1.165, 1.54) is 22.3 Å². The number of halogens is 1. The molecule has 0 saturated carbocycles. The van der Waals surface area contributed by atoms with Crippen molar-refractivity contribution in [3.63, 3.8) is 0 Å². The molecule has 0 fully saturated rings. The van der Waals surface area contributed by atoms with Crippen LogP contribution in [0.15, 0.2) is 121 Å². The molecule has 4 aromatic carbocycles. The fraction of sp³-hybridized carbons (Fsp3) is 0.333. The van der Waals surface area contributed by atoms with Crippen molar-refractivity contribution in [3.8, 4) is 0 Å². The normalized spacial score (nSPS) is 11.8. The molecule has 0 aliphatic heterocycles. The van der Waals surface area contributed by atoms with Gasteiger partial charge in [-0.25, -0.2) is 0 Å². The van der Waals surface area contributed by atoms with E-state index < -0.39 is 32.9 Å². The first-order valence-corrected chi connectivity index (χ1v) is 28.0. The molecule has 8 heteroatoms. The summed E-state index contributed by atoms with van der Waals surface area (Å²) < 4.78 is 10.8. The molecule has 2 nitrogen and oxygen atoms in total. The molecule has 0 N–H and O–H groups in total. The van der Waals surface area contributed by atoms with E-state index >= 15 is 0 Å². The molecule has 0 amide bonds. The number of hydrogen-bond acceptors (Lipinski definition) is 0. The Morgan fingerprint density at radius 3 is 0.659 bits per heavy atom. The molecule has 44 heavy (non-hydrogen) atoms. The Morgan fingerprint density at radius 2 is 0.500 bits per heavy atom. The van der Waals surface area contributed by atoms with Crippen LogP contribution in [0, 0.1) is 40.8 Å². The van der Waals surface area contributed by atoms with Crippen molar-refractivity contribution in [1.29, 1.82) is 0 Å². The largest absolute Gasteiger partial charge is 0.667 e. The van der Waals surface area contributed by atoms with Gasteiger partial charge in [-0.2, -0.15) is 0 Å². The standard InChI is InChI=1S/2C18H26NSi2.ClH.Nd/c2*1-20(2,15-17-11-7-5-8-12-17)19-21(3,4)16-18-13-9-6-10-14-18;;/h2*5-14H,15-16H2,1-4H3;1H;/q2*-1;;. The topological polar surface area (TPSA) is 28.2 Å². The second-order valence-electron chi connectivity index (χ2n) is 14.1. The molecular formula is C36H53ClN2NdSi4-2. The van der Waals surface area contributed by atoms with Crippen molar-refractivity contribution >= 4 is 45.3 Å². The van der Waals surface area contributed by atoms with Crippen LogP contribution in [0.5, 0.6) is 0 Å². The SMILES string of the molecule is C[Si](C)(Cc1ccccc1)[N-][Si](C)(C)Cc1ccccc1.C[Si](C)(Cc1ccccc1)[N-][Si](C)(C)Cc1ccccc1.Cl.[Nd]. The van der Waals surface area contributed by atoms with Gasteiger partial charge in [0.15, 0.2) is 0 Å². The van der Waals surface area contributed by atoms with Crippen molar-refractivity contribution in [1.82, 2.24) is 0 Å². The van der Waals surface area contributed by atoms with Crippen molar-refractivity contribution in [2.75, 3.05) is 0 Å². The van der Waals surface area contributed by atoms with Gasteiger partial charge >= 0.3 is 0 Å². The Labute approximate surface area is 312 Å². The first-order chi connectivity index (χ1) is 19.7. The van der Waals surface area contributed by atoms with Gasteiger partial charge < -0.3 is 9.30 Å². The van der Waals surface area contributed by atoms with Crippen LogP contribution < -0.4 is 0 Å². The van der Waals surface area contributed by atoms with Crippen LogP contribution in [-0.4, -0.2) is 32.9 Å². The molecule has 0 aromatic heterocycles. The molecular weight excluding hydrogens is 752 g/mol. The zero-order valence-electron chi connectivity index (χ0n) is 28.2. The second-order valence-corrected chi connectivity index (χ2v) is 31.8. The fourth-order valence-electron chi connectivity index (χ4n) is 6.18. The van der Waals surface area contributed by atoms with Crippen LogP contribution in [0.1, 0.15) is 22.3 Å². The Morgan fingerprint density at radius 1 is 0.341 bits per heavy atom. The Bertz CT molecular complexity index is 1120. The van der Waals surface area contributed by atoms with E-state index in [1.807, 2.05) is 0 Å². The maximum Gasteiger partial charge on any atom is 0 e. The molecule has 0 unspecified atom stereocenters. The Hall–Kier alpha value is -0.692. The summed E-state index contributed by atoms with van der Waals surface area (Å²) in [5.41, 5.74) is 5.73. The maximum absolute atomic E-state index is 5.41. The number of hydrogen-bond donors (Lipinski definition) is 0. The summed E-state index contributed by atoms with van der Waals surface area (Å²) in [6, 6.07) is 47.9. The van der Waals surface area contributed by atoms with Crippen LogP contribution in [0.4, 0.5) is 0 Å². The quantitative estimate of drug-likeness (QED) is 0.128. The van der Waals surface area contributed by atoms with E-state index in [-0.39, 0.29) is 53.2 Å². The van der Waals surface area contributed by atoms with Crippen LogP contribution in [-0.2, 0) is 24.2 Å². The summed E-state index contributed by atoms with van der Waals surface area (Å²) in [5.74, 6) is 0. The van der Waals surface area contributed by atoms with Gasteiger partial charge in [0.05, 0.1) is 0 Å². The van der Waals surface area contributed by atoms with Crippen LogP contribution >= 0.6 is 12.4 Å². The summed E-state index contributed by atoms with van der Waals surface area (Å²) >= 11 is 0. The van der Waals surface area contributed by atoms with E-state index in [0.717, 1.165) is 24.2 Å². The van der Waals surface area contributed by atoms with Gasteiger partial charge in [-0.1, -0.05) is 253 Å². The van der Waals surface area contributed by atoms with Gasteiger partial charge in [-0.05, 0) is 0 Å². The molecule has 236 valence electrons. The third-order valence-corrected chi connectivity index (χ3v) is 21.9. The summed E-state index contributed by atoms with van der Waals surface area (Å²) in [7, 11) is -6.19. The van der Waals surface area contributed by atoms with Gasteiger partial charge in [-0.15, -0.1) is 12.4 Å². The summed E-state index contributed by atoms with van der Waals surface area (Å²) in [5, 5.41) is 0. The summed E-state index contributed by atoms with van der Waals surface area (Å²) in [6.07, 6.45) is 0. The molecule has 0 radical (unpaired) electrons. The molecule has 4 rings (SSSR count). The second kappa shape index (κ2) is 19.2. The molecule has 0 saturated heterocycles. The van der Waals surface area contributed by atoms with Crippen molar-refractivity contribution < 1.29 is 40.8 Å². The van der Waals surface area contributed by atoms with Gasteiger partial charge in [0, 0.05) is 40.8 Å². The average Bonchev–Trinajstić information content (AvgIpc) is 2.89. The smallest absolute Gasteiger partial charge is 0 e. The van der Waals surface area contributed by atoms with E-state index in [9.17, 15) is 0 Å². The molecule has 0 aliphatic rings. The average molecular weight is 806 g/mol. The number of benzene rings is 4. The minimum atomic E-state index is -1.55. The summed E-state index contributed by atoms with van der Waals surface area (Å²) in [6.45, 7) is 19.2. The number of nitrogens with zero attached hydrogens (tertiary/aromatic N) is 2. The molecule has 0 bridgehead atoms. The first-order valence-electron chi connectivity index (χ1n) is 15.4. The monoisotopic (exact) mass is 802 g/mol. The first kappa shape index (κ1) is 41.3. The van der Waals surface area contributed by atoms with Gasteiger partial charge in [0.2, 0.25) is 0 Å². The molecule has 0 heterocycles. The van der Waals surface area contributed by atoms with Crippen LogP contribution in [0.2, 0.25) is 52.4 Å². The third kappa shape index (κ3) is 16.7. The van der Waals surface area contributed by atoms with Gasteiger partial charge in [-0.3, -0.25) is 0 Å². The van der Waals surface area contributed by atoms with Crippen LogP contribution in [0.25, 0.3) is 9.30 Å². The maximum atomic E-state index is 5.41. The minimum Gasteiger partial charge on any atom is -0.667 e. The molecule has 0 aliphatic carbocycles. The molecule has 0 atom stereocenters. The zero-order chi connectivity index (χ0) is 30.7. The summed E-state index contributed by atoms with van der Waals surface area (Å²) in [4.78, 5) is 0. The van der Waals surface area contributed by atoms with E-state index in [2.05, 4.69) is 174 Å². The van der Waals surface area contributed by atoms with E-state index in [1.54, 1.807) is 0 Å². The third-order valence-electron chi connectivity index (χ3n) is 7.13. The van der Waals surface area contributed by atoms with E-state index in [4.69, 9.17) is 9.30 Å².